The van der Waals surface area contributed by atoms with E-state index >= 15 is 0 Å². The first-order valence-corrected chi connectivity index (χ1v) is 5.99. The minimum absolute atomic E-state index is 0.263. The number of benzene rings is 1. The number of amides is 1. The molecule has 0 aliphatic carbocycles. The number of nitro benzene ring substituents is 1. The van der Waals surface area contributed by atoms with Gasteiger partial charge in [-0.1, -0.05) is 6.92 Å². The Balaban J connectivity index is 2.65. The molecular weight excluding hydrogens is 253 g/mol. The third-order valence-electron chi connectivity index (χ3n) is 2.41. The van der Waals surface area contributed by atoms with E-state index in [-0.39, 0.29) is 5.56 Å². The molecule has 6 nitrogen and oxygen atoms in total. The monoisotopic (exact) mass is 269 g/mol. The Labute approximate surface area is 110 Å². The van der Waals surface area contributed by atoms with E-state index in [0.717, 1.165) is 31.2 Å². The van der Waals surface area contributed by atoms with Crippen LogP contribution in [0.25, 0.3) is 0 Å². The van der Waals surface area contributed by atoms with Crippen LogP contribution >= 0.6 is 0 Å². The van der Waals surface area contributed by atoms with E-state index in [1.54, 1.807) is 0 Å². The maximum absolute atomic E-state index is 13.0. The average Bonchev–Trinajstić information content (AvgIpc) is 2.37. The fraction of sp³-hybridized carbons (Fsp3) is 0.417. The number of nitrogens with zero attached hydrogens (tertiary/aromatic N) is 1. The Bertz CT molecular complexity index is 466. The number of hydrogen-bond donors (Lipinski definition) is 2. The second-order valence-corrected chi connectivity index (χ2v) is 3.92. The summed E-state index contributed by atoms with van der Waals surface area (Å²) in [5.41, 5.74) is -0.666. The topological polar surface area (TPSA) is 84.3 Å². The first-order chi connectivity index (χ1) is 9.06. The van der Waals surface area contributed by atoms with E-state index in [2.05, 4.69) is 10.6 Å². The van der Waals surface area contributed by atoms with Gasteiger partial charge in [-0.3, -0.25) is 14.9 Å². The van der Waals surface area contributed by atoms with Crippen LogP contribution < -0.4 is 10.6 Å². The van der Waals surface area contributed by atoms with Crippen molar-refractivity contribution in [1.29, 1.82) is 0 Å². The van der Waals surface area contributed by atoms with Gasteiger partial charge in [0.25, 0.3) is 11.6 Å². The minimum atomic E-state index is -0.705. The van der Waals surface area contributed by atoms with Crippen molar-refractivity contribution in [3.63, 3.8) is 0 Å². The van der Waals surface area contributed by atoms with Crippen molar-refractivity contribution < 1.29 is 14.1 Å². The highest BCUT2D eigenvalue weighted by Crippen LogP contribution is 2.19. The van der Waals surface area contributed by atoms with E-state index in [1.807, 2.05) is 6.92 Å². The van der Waals surface area contributed by atoms with Gasteiger partial charge in [-0.25, -0.2) is 4.39 Å². The third kappa shape index (κ3) is 4.63. The maximum Gasteiger partial charge on any atom is 0.282 e. The van der Waals surface area contributed by atoms with Crippen molar-refractivity contribution in [2.45, 2.75) is 13.3 Å². The molecule has 19 heavy (non-hydrogen) atoms. The summed E-state index contributed by atoms with van der Waals surface area (Å²) in [6, 6.07) is 2.81. The Morgan fingerprint density at radius 3 is 2.74 bits per heavy atom. The van der Waals surface area contributed by atoms with Gasteiger partial charge in [0.15, 0.2) is 0 Å². The highest BCUT2D eigenvalue weighted by molar-refractivity contribution is 5.98. The smallest absolute Gasteiger partial charge is 0.282 e. The molecule has 0 fully saturated rings. The lowest BCUT2D eigenvalue weighted by atomic mass is 10.1. The van der Waals surface area contributed by atoms with Crippen molar-refractivity contribution >= 4 is 11.6 Å². The van der Waals surface area contributed by atoms with Crippen LogP contribution in [0.2, 0.25) is 0 Å². The normalized spacial score (nSPS) is 10.2. The summed E-state index contributed by atoms with van der Waals surface area (Å²) in [5, 5.41) is 16.3. The number of hydrogen-bond acceptors (Lipinski definition) is 4. The zero-order valence-corrected chi connectivity index (χ0v) is 10.6. The molecule has 0 unspecified atom stereocenters. The lowest BCUT2D eigenvalue weighted by Crippen LogP contribution is -2.32. The minimum Gasteiger partial charge on any atom is -0.351 e. The molecule has 0 spiro atoms. The standard InChI is InChI=1S/C12H16FN3O3/c1-2-5-14-6-7-15-12(17)10-8-9(13)3-4-11(10)16(18)19/h3-4,8,14H,2,5-7H2,1H3,(H,15,17). The molecule has 0 aliphatic rings. The van der Waals surface area contributed by atoms with E-state index in [1.165, 1.54) is 0 Å². The van der Waals surface area contributed by atoms with Crippen LogP contribution in [0, 0.1) is 15.9 Å². The molecule has 0 aromatic heterocycles. The summed E-state index contributed by atoms with van der Waals surface area (Å²) < 4.78 is 13.0. The highest BCUT2D eigenvalue weighted by atomic mass is 19.1. The summed E-state index contributed by atoms with van der Waals surface area (Å²) in [7, 11) is 0. The summed E-state index contributed by atoms with van der Waals surface area (Å²) >= 11 is 0. The number of nitro groups is 1. The second-order valence-electron chi connectivity index (χ2n) is 3.92. The largest absolute Gasteiger partial charge is 0.351 e. The highest BCUT2D eigenvalue weighted by Gasteiger charge is 2.20. The SMILES string of the molecule is CCCNCCNC(=O)c1cc(F)ccc1[N+](=O)[O-]. The summed E-state index contributed by atoms with van der Waals surface area (Å²) in [6.07, 6.45) is 0.976. The zero-order chi connectivity index (χ0) is 14.3. The van der Waals surface area contributed by atoms with Gasteiger partial charge in [0.2, 0.25) is 0 Å². The molecule has 0 atom stereocenters. The van der Waals surface area contributed by atoms with Crippen LogP contribution in [0.5, 0.6) is 0 Å². The van der Waals surface area contributed by atoms with Gasteiger partial charge in [0, 0.05) is 19.2 Å². The van der Waals surface area contributed by atoms with Gasteiger partial charge in [-0.15, -0.1) is 0 Å². The molecule has 0 heterocycles. The number of carbonyl (C=O) groups excluding carboxylic acids is 1. The molecule has 1 aromatic rings. The van der Waals surface area contributed by atoms with Gasteiger partial charge in [-0.05, 0) is 25.1 Å². The molecule has 7 heteroatoms. The fourth-order valence-electron chi connectivity index (χ4n) is 1.51. The Kier molecular flexibility index (Phi) is 5.87. The number of halogens is 1. The average molecular weight is 269 g/mol. The number of nitrogens with one attached hydrogen (secondary N) is 2. The van der Waals surface area contributed by atoms with Crippen LogP contribution in [-0.4, -0.2) is 30.5 Å². The maximum atomic E-state index is 13.0. The van der Waals surface area contributed by atoms with Gasteiger partial charge in [0.05, 0.1) is 4.92 Å². The van der Waals surface area contributed by atoms with E-state index in [0.29, 0.717) is 13.1 Å². The van der Waals surface area contributed by atoms with E-state index in [4.69, 9.17) is 0 Å². The van der Waals surface area contributed by atoms with Crippen molar-refractivity contribution in [3.05, 3.63) is 39.7 Å². The van der Waals surface area contributed by atoms with Crippen molar-refractivity contribution in [3.8, 4) is 0 Å². The van der Waals surface area contributed by atoms with Gasteiger partial charge in [-0.2, -0.15) is 0 Å². The Hall–Kier alpha value is -2.02. The fourth-order valence-corrected chi connectivity index (χ4v) is 1.51. The van der Waals surface area contributed by atoms with E-state index in [9.17, 15) is 19.3 Å². The van der Waals surface area contributed by atoms with Crippen LogP contribution in [0.1, 0.15) is 23.7 Å². The molecule has 0 aliphatic heterocycles. The molecular formula is C12H16FN3O3. The van der Waals surface area contributed by atoms with Gasteiger partial charge in [0.1, 0.15) is 11.4 Å². The van der Waals surface area contributed by atoms with Gasteiger partial charge < -0.3 is 10.6 Å². The Morgan fingerprint density at radius 1 is 1.37 bits per heavy atom. The molecule has 0 radical (unpaired) electrons. The Morgan fingerprint density at radius 2 is 2.11 bits per heavy atom. The van der Waals surface area contributed by atoms with Crippen LogP contribution in [-0.2, 0) is 0 Å². The van der Waals surface area contributed by atoms with Crippen LogP contribution in [0.15, 0.2) is 18.2 Å². The quantitative estimate of drug-likeness (QED) is 0.446. The first-order valence-electron chi connectivity index (χ1n) is 5.99. The zero-order valence-electron chi connectivity index (χ0n) is 10.6. The lowest BCUT2D eigenvalue weighted by Gasteiger charge is -2.06. The molecule has 0 saturated carbocycles. The van der Waals surface area contributed by atoms with Crippen molar-refractivity contribution in [1.82, 2.24) is 10.6 Å². The molecule has 1 amide bonds. The number of rotatable bonds is 7. The molecule has 2 N–H and O–H groups in total. The van der Waals surface area contributed by atoms with E-state index < -0.39 is 22.3 Å². The van der Waals surface area contributed by atoms with Gasteiger partial charge >= 0.3 is 0 Å². The predicted octanol–water partition coefficient (Wildman–Crippen LogP) is 1.46. The third-order valence-corrected chi connectivity index (χ3v) is 2.41. The lowest BCUT2D eigenvalue weighted by molar-refractivity contribution is -0.385. The van der Waals surface area contributed by atoms with Crippen molar-refractivity contribution in [2.24, 2.45) is 0 Å². The first kappa shape index (κ1) is 15.0. The molecule has 104 valence electrons. The summed E-state index contributed by atoms with van der Waals surface area (Å²) in [4.78, 5) is 21.8. The summed E-state index contributed by atoms with van der Waals surface area (Å²) in [6.45, 7) is 3.73. The molecule has 1 rings (SSSR count). The predicted molar refractivity (Wildman–Crippen MR) is 68.5 cm³/mol. The molecule has 1 aromatic carbocycles. The van der Waals surface area contributed by atoms with Crippen molar-refractivity contribution in [2.75, 3.05) is 19.6 Å². The number of carbonyl (C=O) groups is 1. The second kappa shape index (κ2) is 7.42. The molecule has 0 bridgehead atoms. The van der Waals surface area contributed by atoms with Crippen LogP contribution in [0.4, 0.5) is 10.1 Å². The summed E-state index contributed by atoms with van der Waals surface area (Å²) in [5.74, 6) is -1.33. The molecule has 0 saturated heterocycles. The van der Waals surface area contributed by atoms with Crippen LogP contribution in [0.3, 0.4) is 0 Å².